The molecule has 0 saturated heterocycles. The number of hydrogen-bond donors (Lipinski definition) is 1. The van der Waals surface area contributed by atoms with E-state index in [4.69, 9.17) is 19.9 Å². The predicted molar refractivity (Wildman–Crippen MR) is 47.2 cm³/mol. The molecule has 2 N–H and O–H groups in total. The maximum Gasteiger partial charge on any atom is 0.0701 e. The molecule has 0 radical (unpaired) electrons. The lowest BCUT2D eigenvalue weighted by Crippen LogP contribution is -2.32. The predicted octanol–water partition coefficient (Wildman–Crippen LogP) is 0.0132. The van der Waals surface area contributed by atoms with Gasteiger partial charge in [0.25, 0.3) is 0 Å². The maximum absolute atomic E-state index is 5.65. The third kappa shape index (κ3) is 7.94. The van der Waals surface area contributed by atoms with Crippen molar-refractivity contribution in [2.75, 3.05) is 40.1 Å². The molecule has 0 aliphatic rings. The summed E-state index contributed by atoms with van der Waals surface area (Å²) in [6.07, 6.45) is 0. The topological polar surface area (TPSA) is 53.7 Å². The first-order valence-electron chi connectivity index (χ1n) is 4.21. The van der Waals surface area contributed by atoms with Gasteiger partial charge in [0.1, 0.15) is 0 Å². The fraction of sp³-hybridized carbons (Fsp3) is 1.00. The van der Waals surface area contributed by atoms with E-state index in [1.54, 1.807) is 7.11 Å². The van der Waals surface area contributed by atoms with Crippen LogP contribution in [-0.2, 0) is 14.2 Å². The molecule has 0 aliphatic carbocycles. The minimum Gasteiger partial charge on any atom is -0.382 e. The Morgan fingerprint density at radius 2 is 1.83 bits per heavy atom. The Bertz CT molecular complexity index is 90.4. The van der Waals surface area contributed by atoms with Crippen LogP contribution in [0.5, 0.6) is 0 Å². The lowest BCUT2D eigenvalue weighted by atomic mass is 10.4. The standard InChI is InChI=1S/C8H19NO3/c1-3-11-6-8(9)7-12-5-4-10-2/h8H,3-7,9H2,1-2H3. The van der Waals surface area contributed by atoms with E-state index < -0.39 is 0 Å². The van der Waals surface area contributed by atoms with Crippen LogP contribution in [0.1, 0.15) is 6.92 Å². The molecule has 0 bridgehead atoms. The van der Waals surface area contributed by atoms with E-state index in [2.05, 4.69) is 0 Å². The SMILES string of the molecule is CCOCC(N)COCCOC. The molecule has 1 atom stereocenters. The summed E-state index contributed by atoms with van der Waals surface area (Å²) in [7, 11) is 1.64. The summed E-state index contributed by atoms with van der Waals surface area (Å²) in [5.41, 5.74) is 5.65. The maximum atomic E-state index is 5.65. The van der Waals surface area contributed by atoms with Crippen molar-refractivity contribution >= 4 is 0 Å². The van der Waals surface area contributed by atoms with Gasteiger partial charge >= 0.3 is 0 Å². The minimum absolute atomic E-state index is 0.0261. The summed E-state index contributed by atoms with van der Waals surface area (Å²) in [5, 5.41) is 0. The lowest BCUT2D eigenvalue weighted by molar-refractivity contribution is 0.0431. The molecule has 0 fully saturated rings. The van der Waals surface area contributed by atoms with Crippen molar-refractivity contribution in [3.8, 4) is 0 Å². The van der Waals surface area contributed by atoms with E-state index >= 15 is 0 Å². The summed E-state index contributed by atoms with van der Waals surface area (Å²) >= 11 is 0. The number of ether oxygens (including phenoxy) is 3. The van der Waals surface area contributed by atoms with Crippen molar-refractivity contribution < 1.29 is 14.2 Å². The van der Waals surface area contributed by atoms with Crippen molar-refractivity contribution in [1.82, 2.24) is 0 Å². The Morgan fingerprint density at radius 1 is 1.17 bits per heavy atom. The zero-order chi connectivity index (χ0) is 9.23. The first-order valence-corrected chi connectivity index (χ1v) is 4.21. The fourth-order valence-corrected chi connectivity index (χ4v) is 0.694. The van der Waals surface area contributed by atoms with Crippen LogP contribution in [0.15, 0.2) is 0 Å². The van der Waals surface area contributed by atoms with E-state index in [1.807, 2.05) is 6.92 Å². The number of methoxy groups -OCH3 is 1. The third-order valence-electron chi connectivity index (χ3n) is 1.30. The van der Waals surface area contributed by atoms with E-state index in [0.717, 1.165) is 0 Å². The second kappa shape index (κ2) is 8.93. The zero-order valence-corrected chi connectivity index (χ0v) is 7.91. The van der Waals surface area contributed by atoms with E-state index in [-0.39, 0.29) is 6.04 Å². The van der Waals surface area contributed by atoms with Crippen LogP contribution in [0.25, 0.3) is 0 Å². The van der Waals surface area contributed by atoms with Crippen molar-refractivity contribution in [2.45, 2.75) is 13.0 Å². The Morgan fingerprint density at radius 3 is 2.42 bits per heavy atom. The largest absolute Gasteiger partial charge is 0.382 e. The van der Waals surface area contributed by atoms with Gasteiger partial charge in [-0.2, -0.15) is 0 Å². The van der Waals surface area contributed by atoms with E-state index in [1.165, 1.54) is 0 Å². The van der Waals surface area contributed by atoms with Crippen LogP contribution >= 0.6 is 0 Å². The van der Waals surface area contributed by atoms with Gasteiger partial charge in [-0.1, -0.05) is 0 Å². The molecular formula is C8H19NO3. The van der Waals surface area contributed by atoms with Crippen LogP contribution < -0.4 is 5.73 Å². The molecular weight excluding hydrogens is 158 g/mol. The highest BCUT2D eigenvalue weighted by Gasteiger charge is 2.01. The van der Waals surface area contributed by atoms with Gasteiger partial charge in [-0.25, -0.2) is 0 Å². The molecule has 4 nitrogen and oxygen atoms in total. The van der Waals surface area contributed by atoms with Crippen LogP contribution in [0.4, 0.5) is 0 Å². The Kier molecular flexibility index (Phi) is 8.81. The molecule has 0 spiro atoms. The van der Waals surface area contributed by atoms with Gasteiger partial charge in [0.2, 0.25) is 0 Å². The van der Waals surface area contributed by atoms with Gasteiger partial charge < -0.3 is 19.9 Å². The fourth-order valence-electron chi connectivity index (χ4n) is 0.694. The molecule has 0 amide bonds. The monoisotopic (exact) mass is 177 g/mol. The molecule has 0 aromatic heterocycles. The third-order valence-corrected chi connectivity index (χ3v) is 1.30. The molecule has 1 unspecified atom stereocenters. The molecule has 0 heterocycles. The second-order valence-corrected chi connectivity index (χ2v) is 2.49. The summed E-state index contributed by atoms with van der Waals surface area (Å²) in [5.74, 6) is 0. The highest BCUT2D eigenvalue weighted by molar-refractivity contribution is 4.57. The lowest BCUT2D eigenvalue weighted by Gasteiger charge is -2.11. The minimum atomic E-state index is -0.0261. The number of hydrogen-bond acceptors (Lipinski definition) is 4. The zero-order valence-electron chi connectivity index (χ0n) is 7.91. The highest BCUT2D eigenvalue weighted by Crippen LogP contribution is 1.84. The van der Waals surface area contributed by atoms with Gasteiger partial charge in [0, 0.05) is 13.7 Å². The van der Waals surface area contributed by atoms with Gasteiger partial charge in [0.15, 0.2) is 0 Å². The Balaban J connectivity index is 3.02. The molecule has 0 saturated carbocycles. The van der Waals surface area contributed by atoms with Gasteiger partial charge in [-0.05, 0) is 6.92 Å². The Labute approximate surface area is 74.0 Å². The van der Waals surface area contributed by atoms with Crippen molar-refractivity contribution in [2.24, 2.45) is 5.73 Å². The summed E-state index contributed by atoms with van der Waals surface area (Å²) < 4.78 is 15.1. The highest BCUT2D eigenvalue weighted by atomic mass is 16.5. The van der Waals surface area contributed by atoms with Crippen molar-refractivity contribution in [1.29, 1.82) is 0 Å². The first-order chi connectivity index (χ1) is 5.81. The van der Waals surface area contributed by atoms with E-state index in [0.29, 0.717) is 33.0 Å². The van der Waals surface area contributed by atoms with Crippen LogP contribution in [0.3, 0.4) is 0 Å². The van der Waals surface area contributed by atoms with E-state index in [9.17, 15) is 0 Å². The summed E-state index contributed by atoms with van der Waals surface area (Å²) in [4.78, 5) is 0. The number of rotatable bonds is 8. The average molecular weight is 177 g/mol. The van der Waals surface area contributed by atoms with Crippen molar-refractivity contribution in [3.63, 3.8) is 0 Å². The summed E-state index contributed by atoms with van der Waals surface area (Å²) in [6.45, 7) is 4.94. The molecule has 12 heavy (non-hydrogen) atoms. The first kappa shape index (κ1) is 11.8. The second-order valence-electron chi connectivity index (χ2n) is 2.49. The van der Waals surface area contributed by atoms with Crippen LogP contribution in [-0.4, -0.2) is 46.2 Å². The molecule has 0 rings (SSSR count). The average Bonchev–Trinajstić information content (AvgIpc) is 2.09. The molecule has 4 heteroatoms. The molecule has 0 aromatic carbocycles. The molecule has 0 aromatic rings. The van der Waals surface area contributed by atoms with Crippen LogP contribution in [0.2, 0.25) is 0 Å². The van der Waals surface area contributed by atoms with Gasteiger partial charge in [-0.15, -0.1) is 0 Å². The normalized spacial score (nSPS) is 13.2. The van der Waals surface area contributed by atoms with Crippen LogP contribution in [0, 0.1) is 0 Å². The summed E-state index contributed by atoms with van der Waals surface area (Å²) in [6, 6.07) is -0.0261. The quantitative estimate of drug-likeness (QED) is 0.531. The van der Waals surface area contributed by atoms with Crippen molar-refractivity contribution in [3.05, 3.63) is 0 Å². The smallest absolute Gasteiger partial charge is 0.0701 e. The van der Waals surface area contributed by atoms with Gasteiger partial charge in [-0.3, -0.25) is 0 Å². The number of nitrogens with two attached hydrogens (primary N) is 1. The molecule has 74 valence electrons. The Hall–Kier alpha value is -0.160. The molecule has 0 aliphatic heterocycles. The van der Waals surface area contributed by atoms with Gasteiger partial charge in [0.05, 0.1) is 32.5 Å².